The van der Waals surface area contributed by atoms with E-state index in [4.69, 9.17) is 0 Å². The lowest BCUT2D eigenvalue weighted by Crippen LogP contribution is -2.68. The first-order chi connectivity index (χ1) is 8.63. The molecule has 6 fully saturated rings. The highest BCUT2D eigenvalue weighted by atomic mass is 16.3. The summed E-state index contributed by atoms with van der Waals surface area (Å²) in [5.74, 6) is 3.30. The van der Waals surface area contributed by atoms with Crippen molar-refractivity contribution < 1.29 is 10.2 Å². The van der Waals surface area contributed by atoms with Gasteiger partial charge in [0.1, 0.15) is 0 Å². The third-order valence-corrected chi connectivity index (χ3v) is 7.35. The molecule has 6 aliphatic rings. The standard InChI is InChI=1S/C16H24O2/c17-15(9-1-2-9)11-5-13-7-12(15)8-14(6-11)16(13,18)10-3-4-10/h9-14,17-18H,1-8H2. The van der Waals surface area contributed by atoms with E-state index in [-0.39, 0.29) is 11.2 Å². The SMILES string of the molecule is OC1(C2CC2)C2CC3CC1CC(C2)C3(O)C1CC1. The maximum atomic E-state index is 11.2. The highest BCUT2D eigenvalue weighted by Gasteiger charge is 2.69. The van der Waals surface area contributed by atoms with E-state index >= 15 is 0 Å². The zero-order valence-corrected chi connectivity index (χ0v) is 11.0. The zero-order chi connectivity index (χ0) is 12.1. The second kappa shape index (κ2) is 2.98. The molecule has 0 spiro atoms. The Morgan fingerprint density at radius 2 is 0.778 bits per heavy atom. The molecule has 18 heavy (non-hydrogen) atoms. The van der Waals surface area contributed by atoms with Crippen molar-refractivity contribution in [3.8, 4) is 0 Å². The van der Waals surface area contributed by atoms with Gasteiger partial charge in [0.25, 0.3) is 0 Å². The van der Waals surface area contributed by atoms with Gasteiger partial charge in [-0.3, -0.25) is 0 Å². The first-order valence-corrected chi connectivity index (χ1v) is 8.08. The lowest BCUT2D eigenvalue weighted by atomic mass is 9.43. The molecule has 0 aromatic carbocycles. The van der Waals surface area contributed by atoms with Crippen LogP contribution in [0.4, 0.5) is 0 Å². The van der Waals surface area contributed by atoms with Crippen LogP contribution in [-0.2, 0) is 0 Å². The minimum Gasteiger partial charge on any atom is -0.389 e. The Bertz CT molecular complexity index is 330. The minimum absolute atomic E-state index is 0.322. The third kappa shape index (κ3) is 1.06. The van der Waals surface area contributed by atoms with Crippen molar-refractivity contribution in [1.82, 2.24) is 0 Å². The molecule has 0 radical (unpaired) electrons. The molecule has 2 N–H and O–H groups in total. The van der Waals surface area contributed by atoms with Crippen molar-refractivity contribution in [2.24, 2.45) is 35.5 Å². The highest BCUT2D eigenvalue weighted by Crippen LogP contribution is 2.69. The lowest BCUT2D eigenvalue weighted by molar-refractivity contribution is -0.258. The van der Waals surface area contributed by atoms with Gasteiger partial charge in [0.05, 0.1) is 11.2 Å². The topological polar surface area (TPSA) is 40.5 Å². The monoisotopic (exact) mass is 248 g/mol. The van der Waals surface area contributed by atoms with Gasteiger partial charge in [-0.25, -0.2) is 0 Å². The van der Waals surface area contributed by atoms with E-state index in [0.717, 1.165) is 25.7 Å². The molecule has 0 heterocycles. The van der Waals surface area contributed by atoms with Crippen molar-refractivity contribution in [1.29, 1.82) is 0 Å². The van der Waals surface area contributed by atoms with Gasteiger partial charge in [-0.15, -0.1) is 0 Å². The van der Waals surface area contributed by atoms with Crippen molar-refractivity contribution >= 4 is 0 Å². The van der Waals surface area contributed by atoms with Gasteiger partial charge in [-0.2, -0.15) is 0 Å². The van der Waals surface area contributed by atoms with Crippen LogP contribution < -0.4 is 0 Å². The van der Waals surface area contributed by atoms with Gasteiger partial charge >= 0.3 is 0 Å². The fourth-order valence-electron chi connectivity index (χ4n) is 6.36. The van der Waals surface area contributed by atoms with Crippen molar-refractivity contribution in [2.45, 2.75) is 62.6 Å². The molecule has 0 aromatic heterocycles. The highest BCUT2D eigenvalue weighted by molar-refractivity contribution is 5.20. The summed E-state index contributed by atoms with van der Waals surface area (Å²) < 4.78 is 0. The summed E-state index contributed by atoms with van der Waals surface area (Å²) in [6, 6.07) is 0. The molecule has 0 aliphatic heterocycles. The van der Waals surface area contributed by atoms with Gasteiger partial charge in [0.2, 0.25) is 0 Å². The molecule has 6 aliphatic carbocycles. The quantitative estimate of drug-likeness (QED) is 0.787. The molecule has 2 heteroatoms. The van der Waals surface area contributed by atoms with Crippen molar-refractivity contribution in [2.75, 3.05) is 0 Å². The van der Waals surface area contributed by atoms with E-state index in [2.05, 4.69) is 0 Å². The van der Waals surface area contributed by atoms with E-state index in [1.807, 2.05) is 0 Å². The molecule has 6 rings (SSSR count). The zero-order valence-electron chi connectivity index (χ0n) is 11.0. The van der Waals surface area contributed by atoms with Crippen LogP contribution in [0.25, 0.3) is 0 Å². The summed E-state index contributed by atoms with van der Waals surface area (Å²) >= 11 is 0. The summed E-state index contributed by atoms with van der Waals surface area (Å²) in [4.78, 5) is 0. The Morgan fingerprint density at radius 1 is 0.500 bits per heavy atom. The fourth-order valence-corrected chi connectivity index (χ4v) is 6.36. The van der Waals surface area contributed by atoms with Crippen LogP contribution in [0.2, 0.25) is 0 Å². The Balaban J connectivity index is 1.52. The second-order valence-electron chi connectivity index (χ2n) is 8.05. The van der Waals surface area contributed by atoms with E-state index < -0.39 is 0 Å². The number of rotatable bonds is 2. The smallest absolute Gasteiger partial charge is 0.0732 e. The molecule has 100 valence electrons. The molecule has 0 atom stereocenters. The van der Waals surface area contributed by atoms with Crippen LogP contribution in [0.1, 0.15) is 51.4 Å². The summed E-state index contributed by atoms with van der Waals surface area (Å²) in [6.07, 6.45) is 9.49. The van der Waals surface area contributed by atoms with Gasteiger partial charge in [0, 0.05) is 0 Å². The molecule has 6 saturated carbocycles. The maximum absolute atomic E-state index is 11.2. The van der Waals surface area contributed by atoms with Crippen LogP contribution in [0.5, 0.6) is 0 Å². The number of hydrogen-bond acceptors (Lipinski definition) is 2. The summed E-state index contributed by atoms with van der Waals surface area (Å²) in [5.41, 5.74) is -0.643. The van der Waals surface area contributed by atoms with Crippen molar-refractivity contribution in [3.05, 3.63) is 0 Å². The Kier molecular flexibility index (Phi) is 1.77. The van der Waals surface area contributed by atoms with E-state index in [1.54, 1.807) is 0 Å². The van der Waals surface area contributed by atoms with Gasteiger partial charge in [-0.1, -0.05) is 0 Å². The minimum atomic E-state index is -0.322. The molecule has 0 amide bonds. The largest absolute Gasteiger partial charge is 0.389 e. The van der Waals surface area contributed by atoms with E-state index in [9.17, 15) is 10.2 Å². The summed E-state index contributed by atoms with van der Waals surface area (Å²) in [6.45, 7) is 0. The Morgan fingerprint density at radius 3 is 1.00 bits per heavy atom. The molecule has 0 aromatic rings. The van der Waals surface area contributed by atoms with E-state index in [1.165, 1.54) is 25.7 Å². The van der Waals surface area contributed by atoms with Crippen LogP contribution >= 0.6 is 0 Å². The van der Waals surface area contributed by atoms with Crippen LogP contribution in [0.3, 0.4) is 0 Å². The van der Waals surface area contributed by atoms with Gasteiger partial charge in [0.15, 0.2) is 0 Å². The number of hydrogen-bond donors (Lipinski definition) is 2. The second-order valence-corrected chi connectivity index (χ2v) is 8.05. The van der Waals surface area contributed by atoms with Gasteiger partial charge in [-0.05, 0) is 86.9 Å². The molecular formula is C16H24O2. The fraction of sp³-hybridized carbons (Fsp3) is 1.00. The predicted molar refractivity (Wildman–Crippen MR) is 67.8 cm³/mol. The maximum Gasteiger partial charge on any atom is 0.0732 e. The normalized spacial score (nSPS) is 62.3. The molecule has 0 saturated heterocycles. The third-order valence-electron chi connectivity index (χ3n) is 7.35. The van der Waals surface area contributed by atoms with Crippen LogP contribution in [0.15, 0.2) is 0 Å². The Labute approximate surface area is 109 Å². The van der Waals surface area contributed by atoms with E-state index in [0.29, 0.717) is 35.5 Å². The Hall–Kier alpha value is -0.0800. The molecule has 2 nitrogen and oxygen atoms in total. The average molecular weight is 248 g/mol. The number of aliphatic hydroxyl groups is 2. The molecular weight excluding hydrogens is 224 g/mol. The van der Waals surface area contributed by atoms with Crippen LogP contribution in [0, 0.1) is 35.5 Å². The van der Waals surface area contributed by atoms with Gasteiger partial charge < -0.3 is 10.2 Å². The summed E-state index contributed by atoms with van der Waals surface area (Å²) in [7, 11) is 0. The van der Waals surface area contributed by atoms with Crippen LogP contribution in [-0.4, -0.2) is 21.4 Å². The lowest BCUT2D eigenvalue weighted by Gasteiger charge is -2.65. The van der Waals surface area contributed by atoms with Crippen molar-refractivity contribution in [3.63, 3.8) is 0 Å². The summed E-state index contributed by atoms with van der Waals surface area (Å²) in [5, 5.41) is 22.3. The first-order valence-electron chi connectivity index (χ1n) is 8.08. The average Bonchev–Trinajstić information content (AvgIpc) is 3.16. The molecule has 4 bridgehead atoms. The predicted octanol–water partition coefficient (Wildman–Crippen LogP) is 2.33. The molecule has 0 unspecified atom stereocenters. The first kappa shape index (κ1) is 10.7.